The molecule has 20 heavy (non-hydrogen) atoms. The van der Waals surface area contributed by atoms with Crippen molar-refractivity contribution in [2.75, 3.05) is 5.88 Å². The highest BCUT2D eigenvalue weighted by molar-refractivity contribution is 7.07. The Labute approximate surface area is 127 Å². The third-order valence-corrected chi connectivity index (χ3v) is 4.28. The van der Waals surface area contributed by atoms with Crippen LogP contribution in [-0.4, -0.2) is 20.4 Å². The van der Waals surface area contributed by atoms with Crippen molar-refractivity contribution in [2.24, 2.45) is 0 Å². The topological polar surface area (TPSA) is 30.7 Å². The van der Waals surface area contributed by atoms with Crippen molar-refractivity contribution in [3.05, 3.63) is 46.2 Å². The van der Waals surface area contributed by atoms with Crippen LogP contribution in [-0.2, 0) is 19.4 Å². The van der Waals surface area contributed by atoms with Gasteiger partial charge in [0.1, 0.15) is 5.82 Å². The number of aryl methyl sites for hydroxylation is 4. The molecule has 0 aliphatic heterocycles. The third-order valence-electron chi connectivity index (χ3n) is 3.45. The number of para-hydroxylation sites is 1. The van der Waals surface area contributed by atoms with Crippen LogP contribution in [0.3, 0.4) is 0 Å². The molecule has 0 fully saturated rings. The lowest BCUT2D eigenvalue weighted by Crippen LogP contribution is -2.07. The van der Waals surface area contributed by atoms with E-state index in [-0.39, 0.29) is 0 Å². The molecule has 3 nitrogen and oxygen atoms in total. The summed E-state index contributed by atoms with van der Waals surface area (Å²) in [5, 5.41) is 2.10. The predicted molar refractivity (Wildman–Crippen MR) is 84.7 cm³/mol. The quantitative estimate of drug-likeness (QED) is 0.671. The highest BCUT2D eigenvalue weighted by Gasteiger charge is 2.11. The number of alkyl halides is 1. The summed E-state index contributed by atoms with van der Waals surface area (Å²) in [6.45, 7) is 3.00. The van der Waals surface area contributed by atoms with E-state index < -0.39 is 0 Å². The highest BCUT2D eigenvalue weighted by atomic mass is 35.5. The second-order valence-electron chi connectivity index (χ2n) is 4.79. The molecule has 0 aliphatic rings. The normalized spacial score (nSPS) is 11.3. The molecule has 1 aromatic carbocycles. The zero-order valence-corrected chi connectivity index (χ0v) is 12.9. The predicted octanol–water partition coefficient (Wildman–Crippen LogP) is 3.83. The van der Waals surface area contributed by atoms with Gasteiger partial charge in [0.25, 0.3) is 0 Å². The smallest absolute Gasteiger partial charge is 0.111 e. The monoisotopic (exact) mass is 305 g/mol. The van der Waals surface area contributed by atoms with Gasteiger partial charge >= 0.3 is 0 Å². The van der Waals surface area contributed by atoms with Crippen LogP contribution < -0.4 is 0 Å². The van der Waals surface area contributed by atoms with Crippen molar-refractivity contribution in [1.82, 2.24) is 14.5 Å². The summed E-state index contributed by atoms with van der Waals surface area (Å²) in [5.74, 6) is 1.67. The molecule has 0 spiro atoms. The fourth-order valence-electron chi connectivity index (χ4n) is 2.45. The summed E-state index contributed by atoms with van der Waals surface area (Å²) in [5.41, 5.74) is 6.52. The molecule has 2 heterocycles. The number of imidazole rings is 1. The molecule has 0 aliphatic carbocycles. The molecule has 5 heteroatoms. The molecule has 2 aromatic heterocycles. The highest BCUT2D eigenvalue weighted by Crippen LogP contribution is 2.21. The van der Waals surface area contributed by atoms with Crippen LogP contribution in [0, 0.1) is 6.92 Å². The van der Waals surface area contributed by atoms with Crippen LogP contribution in [0.15, 0.2) is 29.1 Å². The lowest BCUT2D eigenvalue weighted by molar-refractivity contribution is 0.668. The lowest BCUT2D eigenvalue weighted by Gasteiger charge is -2.07. The van der Waals surface area contributed by atoms with E-state index in [1.165, 1.54) is 11.1 Å². The van der Waals surface area contributed by atoms with E-state index in [4.69, 9.17) is 16.6 Å². The fraction of sp³-hybridized carbons (Fsp3) is 0.333. The van der Waals surface area contributed by atoms with Gasteiger partial charge in [-0.25, -0.2) is 9.97 Å². The van der Waals surface area contributed by atoms with E-state index >= 15 is 0 Å². The number of thiazole rings is 1. The van der Waals surface area contributed by atoms with E-state index in [2.05, 4.69) is 40.1 Å². The zero-order chi connectivity index (χ0) is 13.9. The van der Waals surface area contributed by atoms with Gasteiger partial charge in [-0.2, -0.15) is 0 Å². The molecule has 0 saturated carbocycles. The summed E-state index contributed by atoms with van der Waals surface area (Å²) in [7, 11) is 0. The maximum atomic E-state index is 5.91. The van der Waals surface area contributed by atoms with Crippen molar-refractivity contribution in [3.63, 3.8) is 0 Å². The van der Waals surface area contributed by atoms with Gasteiger partial charge in [0, 0.05) is 30.6 Å². The zero-order valence-electron chi connectivity index (χ0n) is 11.3. The van der Waals surface area contributed by atoms with Gasteiger partial charge in [0.05, 0.1) is 22.2 Å². The van der Waals surface area contributed by atoms with E-state index in [9.17, 15) is 0 Å². The van der Waals surface area contributed by atoms with Crippen molar-refractivity contribution in [2.45, 2.75) is 26.3 Å². The van der Waals surface area contributed by atoms with Gasteiger partial charge in [-0.15, -0.1) is 22.9 Å². The average molecular weight is 306 g/mol. The first-order valence-electron chi connectivity index (χ1n) is 6.67. The summed E-state index contributed by atoms with van der Waals surface area (Å²) in [6.07, 6.45) is 1.73. The molecular formula is C15H16ClN3S. The Kier molecular flexibility index (Phi) is 4.03. The second-order valence-corrected chi connectivity index (χ2v) is 5.89. The minimum Gasteiger partial charge on any atom is -0.328 e. The minimum absolute atomic E-state index is 0.596. The molecule has 104 valence electrons. The molecule has 0 amide bonds. The number of aromatic nitrogens is 3. The number of nitrogens with zero attached hydrogens (tertiary/aromatic N) is 3. The van der Waals surface area contributed by atoms with E-state index in [1.807, 2.05) is 5.51 Å². The fourth-order valence-corrected chi connectivity index (χ4v) is 3.21. The third kappa shape index (κ3) is 2.58. The first-order valence-corrected chi connectivity index (χ1v) is 8.15. The molecule has 0 radical (unpaired) electrons. The SMILES string of the molecule is Cc1cccc2c1nc(CCCl)n2CCc1cscn1. The average Bonchev–Trinajstić information content (AvgIpc) is 3.05. The summed E-state index contributed by atoms with van der Waals surface area (Å²) < 4.78 is 2.28. The Morgan fingerprint density at radius 2 is 2.20 bits per heavy atom. The number of fused-ring (bicyclic) bond motifs is 1. The van der Waals surface area contributed by atoms with Crippen molar-refractivity contribution in [3.8, 4) is 0 Å². The molecule has 0 bridgehead atoms. The molecular weight excluding hydrogens is 290 g/mol. The molecule has 0 unspecified atom stereocenters. The summed E-state index contributed by atoms with van der Waals surface area (Å²) >= 11 is 7.55. The van der Waals surface area contributed by atoms with Crippen LogP contribution >= 0.6 is 22.9 Å². The van der Waals surface area contributed by atoms with E-state index in [0.717, 1.165) is 36.4 Å². The van der Waals surface area contributed by atoms with E-state index in [1.54, 1.807) is 11.3 Å². The van der Waals surface area contributed by atoms with Crippen molar-refractivity contribution in [1.29, 1.82) is 0 Å². The number of halogens is 1. The number of hydrogen-bond acceptors (Lipinski definition) is 3. The van der Waals surface area contributed by atoms with Crippen LogP contribution in [0.1, 0.15) is 17.1 Å². The largest absolute Gasteiger partial charge is 0.328 e. The summed E-state index contributed by atoms with van der Waals surface area (Å²) in [6, 6.07) is 6.32. The van der Waals surface area contributed by atoms with E-state index in [0.29, 0.717) is 5.88 Å². The van der Waals surface area contributed by atoms with Gasteiger partial charge < -0.3 is 4.57 Å². The minimum atomic E-state index is 0.596. The van der Waals surface area contributed by atoms with Gasteiger partial charge in [0.15, 0.2) is 0 Å². The number of benzene rings is 1. The second kappa shape index (κ2) is 5.94. The first kappa shape index (κ1) is 13.6. The van der Waals surface area contributed by atoms with Crippen LogP contribution in [0.2, 0.25) is 0 Å². The van der Waals surface area contributed by atoms with Gasteiger partial charge in [-0.3, -0.25) is 0 Å². The molecule has 0 saturated heterocycles. The molecule has 3 rings (SSSR count). The number of rotatable bonds is 5. The van der Waals surface area contributed by atoms with Gasteiger partial charge in [-0.1, -0.05) is 12.1 Å². The van der Waals surface area contributed by atoms with Crippen LogP contribution in [0.25, 0.3) is 11.0 Å². The number of hydrogen-bond donors (Lipinski definition) is 0. The lowest BCUT2D eigenvalue weighted by atomic mass is 10.2. The molecule has 3 aromatic rings. The Hall–Kier alpha value is -1.39. The van der Waals surface area contributed by atoms with Crippen molar-refractivity contribution < 1.29 is 0 Å². The van der Waals surface area contributed by atoms with Crippen LogP contribution in [0.5, 0.6) is 0 Å². The first-order chi connectivity index (χ1) is 9.79. The Morgan fingerprint density at radius 1 is 1.30 bits per heavy atom. The van der Waals surface area contributed by atoms with Gasteiger partial charge in [-0.05, 0) is 18.6 Å². The van der Waals surface area contributed by atoms with Crippen LogP contribution in [0.4, 0.5) is 0 Å². The Morgan fingerprint density at radius 3 is 2.95 bits per heavy atom. The maximum Gasteiger partial charge on any atom is 0.111 e. The maximum absolute atomic E-state index is 5.91. The molecule has 0 atom stereocenters. The Bertz CT molecular complexity index is 703. The molecule has 0 N–H and O–H groups in total. The standard InChI is InChI=1S/C15H16ClN3S/c1-11-3-2-4-13-15(11)18-14(5-7-16)19(13)8-6-12-9-20-10-17-12/h2-4,9-10H,5-8H2,1H3. The Balaban J connectivity index is 1.98. The van der Waals surface area contributed by atoms with Gasteiger partial charge in [0.2, 0.25) is 0 Å². The summed E-state index contributed by atoms with van der Waals surface area (Å²) in [4.78, 5) is 9.11. The van der Waals surface area contributed by atoms with Crippen molar-refractivity contribution >= 4 is 34.0 Å².